The molecule has 0 radical (unpaired) electrons. The highest BCUT2D eigenvalue weighted by Gasteiger charge is 2.38. The van der Waals surface area contributed by atoms with E-state index in [0.717, 1.165) is 24.8 Å². The number of anilines is 3. The Hall–Kier alpha value is -4.27. The molecular formula is C26H20F3N5O. The summed E-state index contributed by atoms with van der Waals surface area (Å²) in [4.78, 5) is 25.2. The number of carbonyl (C=O) groups excluding carboxylic acids is 1. The molecule has 176 valence electrons. The molecule has 4 aromatic rings. The predicted molar refractivity (Wildman–Crippen MR) is 126 cm³/mol. The molecule has 0 fully saturated rings. The van der Waals surface area contributed by atoms with Crippen molar-refractivity contribution in [3.8, 4) is 11.3 Å². The van der Waals surface area contributed by atoms with Crippen LogP contribution in [0.25, 0.3) is 11.3 Å². The molecule has 2 aromatic carbocycles. The Balaban J connectivity index is 1.51. The number of aromatic nitrogens is 3. The summed E-state index contributed by atoms with van der Waals surface area (Å²) in [6, 6.07) is 14.3. The molecule has 1 amide bonds. The minimum absolute atomic E-state index is 0.174. The summed E-state index contributed by atoms with van der Waals surface area (Å²) >= 11 is 0. The fourth-order valence-electron chi connectivity index (χ4n) is 4.29. The van der Waals surface area contributed by atoms with E-state index in [4.69, 9.17) is 0 Å². The van der Waals surface area contributed by atoms with Crippen molar-refractivity contribution in [1.29, 1.82) is 0 Å². The van der Waals surface area contributed by atoms with Gasteiger partial charge in [-0.1, -0.05) is 12.1 Å². The highest BCUT2D eigenvalue weighted by atomic mass is 19.4. The van der Waals surface area contributed by atoms with Crippen molar-refractivity contribution in [2.45, 2.75) is 25.4 Å². The average Bonchev–Trinajstić information content (AvgIpc) is 3.32. The highest BCUT2D eigenvalue weighted by molar-refractivity contribution is 6.06. The van der Waals surface area contributed by atoms with Crippen LogP contribution in [0.2, 0.25) is 0 Å². The Morgan fingerprint density at radius 1 is 0.914 bits per heavy atom. The van der Waals surface area contributed by atoms with Crippen molar-refractivity contribution in [2.75, 3.05) is 10.6 Å². The number of carbonyl (C=O) groups is 1. The summed E-state index contributed by atoms with van der Waals surface area (Å²) in [5, 5.41) is 5.40. The molecule has 0 bridgehead atoms. The van der Waals surface area contributed by atoms with E-state index >= 15 is 0 Å². The first-order valence-corrected chi connectivity index (χ1v) is 11.0. The molecule has 0 atom stereocenters. The summed E-state index contributed by atoms with van der Waals surface area (Å²) in [5.74, 6) is -0.663. The van der Waals surface area contributed by atoms with E-state index in [1.807, 2.05) is 12.1 Å². The summed E-state index contributed by atoms with van der Waals surface area (Å²) in [6.45, 7) is 0. The van der Waals surface area contributed by atoms with Gasteiger partial charge in [-0.05, 0) is 72.9 Å². The van der Waals surface area contributed by atoms with Gasteiger partial charge in [0.1, 0.15) is 12.1 Å². The van der Waals surface area contributed by atoms with Crippen molar-refractivity contribution >= 4 is 23.1 Å². The predicted octanol–water partition coefficient (Wildman–Crippen LogP) is 6.04. The molecule has 0 saturated carbocycles. The maximum atomic E-state index is 14.3. The maximum Gasteiger partial charge on any atom is 0.419 e. The molecular weight excluding hydrogens is 455 g/mol. The molecule has 0 unspecified atom stereocenters. The van der Waals surface area contributed by atoms with E-state index < -0.39 is 23.2 Å². The van der Waals surface area contributed by atoms with Crippen LogP contribution < -0.4 is 10.6 Å². The molecule has 2 aromatic heterocycles. The monoisotopic (exact) mass is 475 g/mol. The Morgan fingerprint density at radius 2 is 1.77 bits per heavy atom. The van der Waals surface area contributed by atoms with Crippen molar-refractivity contribution < 1.29 is 18.0 Å². The maximum absolute atomic E-state index is 14.3. The van der Waals surface area contributed by atoms with E-state index in [9.17, 15) is 18.0 Å². The third-order valence-corrected chi connectivity index (χ3v) is 5.87. The van der Waals surface area contributed by atoms with Crippen molar-refractivity contribution in [1.82, 2.24) is 15.0 Å². The largest absolute Gasteiger partial charge is 0.419 e. The van der Waals surface area contributed by atoms with Gasteiger partial charge in [-0.15, -0.1) is 0 Å². The van der Waals surface area contributed by atoms with Gasteiger partial charge >= 0.3 is 6.18 Å². The van der Waals surface area contributed by atoms with Gasteiger partial charge in [0.05, 0.1) is 22.5 Å². The van der Waals surface area contributed by atoms with Crippen LogP contribution in [0.15, 0.2) is 73.3 Å². The second-order valence-corrected chi connectivity index (χ2v) is 8.14. The first-order chi connectivity index (χ1) is 16.9. The first-order valence-electron chi connectivity index (χ1n) is 11.0. The van der Waals surface area contributed by atoms with Gasteiger partial charge in [-0.2, -0.15) is 13.2 Å². The second-order valence-electron chi connectivity index (χ2n) is 8.14. The van der Waals surface area contributed by atoms with Gasteiger partial charge in [0, 0.05) is 23.6 Å². The Kier molecular flexibility index (Phi) is 5.90. The zero-order valence-corrected chi connectivity index (χ0v) is 18.4. The number of nitrogens with zero attached hydrogens (tertiary/aromatic N) is 3. The van der Waals surface area contributed by atoms with Gasteiger partial charge < -0.3 is 10.6 Å². The zero-order chi connectivity index (χ0) is 24.4. The molecule has 9 heteroatoms. The lowest BCUT2D eigenvalue weighted by atomic mass is 10.0. The number of fused-ring (bicyclic) bond motifs is 1. The Labute approximate surface area is 199 Å². The van der Waals surface area contributed by atoms with E-state index in [1.165, 1.54) is 42.5 Å². The molecule has 5 rings (SSSR count). The lowest BCUT2D eigenvalue weighted by Crippen LogP contribution is -2.20. The van der Waals surface area contributed by atoms with Crippen LogP contribution in [0.4, 0.5) is 30.4 Å². The van der Waals surface area contributed by atoms with E-state index in [2.05, 4.69) is 25.6 Å². The lowest BCUT2D eigenvalue weighted by Gasteiger charge is -2.19. The van der Waals surface area contributed by atoms with Gasteiger partial charge in [0.2, 0.25) is 0 Å². The number of amides is 1. The standard InChI is InChI=1S/C26H20F3N5O/c27-26(28,29)23-20(25(35)33-18-10-9-16-4-1-5-17(16)14-18)6-2-8-22(23)34-24-19(7-3-12-31-24)21-11-13-30-15-32-21/h2-3,6-15H,1,4-5H2,(H,31,34)(H,33,35). The number of nitrogens with one attached hydrogen (secondary N) is 2. The van der Waals surface area contributed by atoms with Gasteiger partial charge in [-0.3, -0.25) is 4.79 Å². The van der Waals surface area contributed by atoms with Crippen LogP contribution in [0.5, 0.6) is 0 Å². The van der Waals surface area contributed by atoms with Crippen LogP contribution in [-0.2, 0) is 19.0 Å². The number of aryl methyl sites for hydroxylation is 2. The van der Waals surface area contributed by atoms with Crippen LogP contribution >= 0.6 is 0 Å². The second kappa shape index (κ2) is 9.17. The third kappa shape index (κ3) is 4.70. The van der Waals surface area contributed by atoms with Crippen molar-refractivity contribution in [3.63, 3.8) is 0 Å². The fraction of sp³-hybridized carbons (Fsp3) is 0.154. The first kappa shape index (κ1) is 22.5. The number of benzene rings is 2. The molecule has 0 saturated heterocycles. The van der Waals surface area contributed by atoms with Crippen LogP contribution in [0.3, 0.4) is 0 Å². The third-order valence-electron chi connectivity index (χ3n) is 5.87. The summed E-state index contributed by atoms with van der Waals surface area (Å²) in [7, 11) is 0. The molecule has 2 heterocycles. The number of halogens is 3. The topological polar surface area (TPSA) is 79.8 Å². The summed E-state index contributed by atoms with van der Waals surface area (Å²) in [5.41, 5.74) is 1.94. The molecule has 2 N–H and O–H groups in total. The van der Waals surface area contributed by atoms with Crippen LogP contribution in [0, 0.1) is 0 Å². The summed E-state index contributed by atoms with van der Waals surface area (Å²) in [6.07, 6.45) is 2.44. The van der Waals surface area contributed by atoms with Gasteiger partial charge in [0.25, 0.3) is 5.91 Å². The molecule has 1 aliphatic carbocycles. The van der Waals surface area contributed by atoms with E-state index in [0.29, 0.717) is 16.9 Å². The molecule has 6 nitrogen and oxygen atoms in total. The fourth-order valence-corrected chi connectivity index (χ4v) is 4.29. The molecule has 35 heavy (non-hydrogen) atoms. The van der Waals surface area contributed by atoms with Gasteiger partial charge in [-0.25, -0.2) is 15.0 Å². The number of hydrogen-bond donors (Lipinski definition) is 2. The average molecular weight is 475 g/mol. The van der Waals surface area contributed by atoms with E-state index in [1.54, 1.807) is 24.3 Å². The number of hydrogen-bond acceptors (Lipinski definition) is 5. The van der Waals surface area contributed by atoms with E-state index in [-0.39, 0.29) is 11.5 Å². The highest BCUT2D eigenvalue weighted by Crippen LogP contribution is 2.40. The Morgan fingerprint density at radius 3 is 2.57 bits per heavy atom. The number of pyridine rings is 1. The van der Waals surface area contributed by atoms with Crippen molar-refractivity contribution in [3.05, 3.63) is 95.6 Å². The lowest BCUT2D eigenvalue weighted by molar-refractivity contribution is -0.137. The van der Waals surface area contributed by atoms with Crippen LogP contribution in [-0.4, -0.2) is 20.9 Å². The minimum Gasteiger partial charge on any atom is -0.339 e. The summed E-state index contributed by atoms with van der Waals surface area (Å²) < 4.78 is 42.8. The molecule has 0 aliphatic heterocycles. The Bertz CT molecular complexity index is 1390. The minimum atomic E-state index is -4.79. The number of rotatable bonds is 5. The quantitative estimate of drug-likeness (QED) is 0.368. The van der Waals surface area contributed by atoms with Crippen molar-refractivity contribution in [2.24, 2.45) is 0 Å². The van der Waals surface area contributed by atoms with Gasteiger partial charge in [0.15, 0.2) is 0 Å². The normalized spacial score (nSPS) is 12.8. The SMILES string of the molecule is O=C(Nc1ccc2c(c1)CCC2)c1cccc(Nc2ncccc2-c2ccncn2)c1C(F)(F)F. The smallest absolute Gasteiger partial charge is 0.339 e. The van der Waals surface area contributed by atoms with Crippen LogP contribution in [0.1, 0.15) is 33.5 Å². The zero-order valence-electron chi connectivity index (χ0n) is 18.4. The molecule has 0 spiro atoms. The molecule has 1 aliphatic rings. The number of alkyl halides is 3.